The molecule has 0 aliphatic heterocycles. The number of aromatic nitrogens is 1. The minimum Gasteiger partial charge on any atom is -0.316 e. The van der Waals surface area contributed by atoms with Crippen molar-refractivity contribution in [2.45, 2.75) is 33.7 Å². The minimum atomic E-state index is 0.290. The van der Waals surface area contributed by atoms with Gasteiger partial charge in [0.05, 0.1) is 5.69 Å². The first-order valence-corrected chi connectivity index (χ1v) is 6.83. The number of nitrogens with zero attached hydrogens (tertiary/aromatic N) is 2. The quantitative estimate of drug-likeness (QED) is 0.718. The highest BCUT2D eigenvalue weighted by Gasteiger charge is 2.19. The Morgan fingerprint density at radius 2 is 2.11 bits per heavy atom. The molecular weight excluding hydrogens is 222 g/mol. The van der Waals surface area contributed by atoms with Gasteiger partial charge in [-0.05, 0) is 37.6 Å². The third kappa shape index (κ3) is 6.12. The van der Waals surface area contributed by atoms with Crippen molar-refractivity contribution in [2.75, 3.05) is 26.7 Å². The summed E-state index contributed by atoms with van der Waals surface area (Å²) >= 11 is 0. The third-order valence-corrected chi connectivity index (χ3v) is 2.89. The molecule has 0 saturated carbocycles. The first-order chi connectivity index (χ1) is 8.53. The van der Waals surface area contributed by atoms with Crippen LogP contribution in [0.15, 0.2) is 24.4 Å². The lowest BCUT2D eigenvalue weighted by Crippen LogP contribution is -2.39. The van der Waals surface area contributed by atoms with Crippen molar-refractivity contribution >= 4 is 0 Å². The normalized spacial score (nSPS) is 12.1. The van der Waals surface area contributed by atoms with Crippen molar-refractivity contribution in [1.29, 1.82) is 0 Å². The van der Waals surface area contributed by atoms with Gasteiger partial charge in [-0.1, -0.05) is 26.8 Å². The molecule has 0 bridgehead atoms. The molecule has 0 aliphatic carbocycles. The molecule has 102 valence electrons. The molecule has 3 heteroatoms. The molecule has 0 saturated heterocycles. The Balaban J connectivity index is 2.36. The fourth-order valence-corrected chi connectivity index (χ4v) is 2.21. The number of pyridine rings is 1. The first kappa shape index (κ1) is 15.1. The molecule has 18 heavy (non-hydrogen) atoms. The van der Waals surface area contributed by atoms with E-state index in [1.807, 2.05) is 18.3 Å². The molecule has 0 unspecified atom stereocenters. The van der Waals surface area contributed by atoms with Gasteiger partial charge in [0.25, 0.3) is 0 Å². The Morgan fingerprint density at radius 1 is 1.33 bits per heavy atom. The van der Waals surface area contributed by atoms with Crippen LogP contribution in [0, 0.1) is 5.41 Å². The summed E-state index contributed by atoms with van der Waals surface area (Å²) in [4.78, 5) is 6.71. The third-order valence-electron chi connectivity index (χ3n) is 2.89. The van der Waals surface area contributed by atoms with E-state index in [1.54, 1.807) is 0 Å². The van der Waals surface area contributed by atoms with Gasteiger partial charge >= 0.3 is 0 Å². The van der Waals surface area contributed by atoms with Gasteiger partial charge in [-0.15, -0.1) is 0 Å². The van der Waals surface area contributed by atoms with E-state index < -0.39 is 0 Å². The summed E-state index contributed by atoms with van der Waals surface area (Å²) in [5.41, 5.74) is 1.43. The van der Waals surface area contributed by atoms with Crippen molar-refractivity contribution in [3.8, 4) is 0 Å². The maximum atomic E-state index is 4.37. The number of hydrogen-bond donors (Lipinski definition) is 1. The van der Waals surface area contributed by atoms with Crippen molar-refractivity contribution < 1.29 is 0 Å². The lowest BCUT2D eigenvalue weighted by molar-refractivity contribution is 0.197. The van der Waals surface area contributed by atoms with Crippen LogP contribution >= 0.6 is 0 Å². The highest BCUT2D eigenvalue weighted by Crippen LogP contribution is 2.16. The molecule has 0 aliphatic rings. The summed E-state index contributed by atoms with van der Waals surface area (Å²) in [7, 11) is 2.16. The van der Waals surface area contributed by atoms with Crippen molar-refractivity contribution in [1.82, 2.24) is 15.2 Å². The van der Waals surface area contributed by atoms with E-state index in [4.69, 9.17) is 0 Å². The molecule has 3 nitrogen and oxygen atoms in total. The van der Waals surface area contributed by atoms with E-state index in [-0.39, 0.29) is 0 Å². The van der Waals surface area contributed by atoms with E-state index in [0.29, 0.717) is 5.41 Å². The zero-order valence-corrected chi connectivity index (χ0v) is 12.2. The van der Waals surface area contributed by atoms with Crippen LogP contribution in [-0.2, 0) is 6.54 Å². The number of nitrogens with one attached hydrogen (secondary N) is 1. The SMILES string of the molecule is CCCNCC(C)(C)CN(C)Cc1ccccn1. The van der Waals surface area contributed by atoms with Crippen LogP contribution in [0.3, 0.4) is 0 Å². The van der Waals surface area contributed by atoms with Crippen LogP contribution in [0.1, 0.15) is 32.9 Å². The Labute approximate surface area is 112 Å². The largest absolute Gasteiger partial charge is 0.316 e. The van der Waals surface area contributed by atoms with Crippen LogP contribution < -0.4 is 5.32 Å². The molecule has 1 heterocycles. The fourth-order valence-electron chi connectivity index (χ4n) is 2.21. The second-order valence-corrected chi connectivity index (χ2v) is 5.83. The summed E-state index contributed by atoms with van der Waals surface area (Å²) in [6.45, 7) is 11.0. The predicted octanol–water partition coefficient (Wildman–Crippen LogP) is 2.54. The number of rotatable bonds is 8. The second-order valence-electron chi connectivity index (χ2n) is 5.83. The zero-order valence-electron chi connectivity index (χ0n) is 12.2. The zero-order chi connectivity index (χ0) is 13.4. The molecule has 1 N–H and O–H groups in total. The summed E-state index contributed by atoms with van der Waals surface area (Å²) in [6.07, 6.45) is 3.05. The smallest absolute Gasteiger partial charge is 0.0543 e. The van der Waals surface area contributed by atoms with Crippen LogP contribution in [0.5, 0.6) is 0 Å². The lowest BCUT2D eigenvalue weighted by Gasteiger charge is -2.30. The molecule has 0 aromatic carbocycles. The van der Waals surface area contributed by atoms with E-state index >= 15 is 0 Å². The fraction of sp³-hybridized carbons (Fsp3) is 0.667. The summed E-state index contributed by atoms with van der Waals surface area (Å²) < 4.78 is 0. The molecule has 0 radical (unpaired) electrons. The Bertz CT molecular complexity index is 322. The molecule has 0 atom stereocenters. The Kier molecular flexibility index (Phi) is 6.30. The maximum absolute atomic E-state index is 4.37. The highest BCUT2D eigenvalue weighted by atomic mass is 15.1. The van der Waals surface area contributed by atoms with E-state index in [2.05, 4.69) is 49.1 Å². The van der Waals surface area contributed by atoms with Crippen LogP contribution in [0.4, 0.5) is 0 Å². The predicted molar refractivity (Wildman–Crippen MR) is 77.5 cm³/mol. The molecule has 0 spiro atoms. The highest BCUT2D eigenvalue weighted by molar-refractivity contribution is 5.03. The van der Waals surface area contributed by atoms with Gasteiger partial charge in [0.2, 0.25) is 0 Å². The van der Waals surface area contributed by atoms with Crippen LogP contribution in [0.2, 0.25) is 0 Å². The number of hydrogen-bond acceptors (Lipinski definition) is 3. The van der Waals surface area contributed by atoms with Gasteiger partial charge in [0, 0.05) is 25.8 Å². The summed E-state index contributed by atoms with van der Waals surface area (Å²) in [6, 6.07) is 6.09. The molecule has 0 fully saturated rings. The topological polar surface area (TPSA) is 28.2 Å². The second kappa shape index (κ2) is 7.49. The molecule has 1 aromatic rings. The van der Waals surface area contributed by atoms with Crippen molar-refractivity contribution in [2.24, 2.45) is 5.41 Å². The van der Waals surface area contributed by atoms with Gasteiger partial charge in [-0.3, -0.25) is 9.88 Å². The first-order valence-electron chi connectivity index (χ1n) is 6.83. The lowest BCUT2D eigenvalue weighted by atomic mass is 9.92. The molecular formula is C15H27N3. The van der Waals surface area contributed by atoms with Gasteiger partial charge in [-0.2, -0.15) is 0 Å². The average molecular weight is 249 g/mol. The average Bonchev–Trinajstić information content (AvgIpc) is 2.29. The van der Waals surface area contributed by atoms with Gasteiger partial charge < -0.3 is 5.32 Å². The summed E-state index contributed by atoms with van der Waals surface area (Å²) in [5, 5.41) is 3.50. The van der Waals surface area contributed by atoms with E-state index in [9.17, 15) is 0 Å². The molecule has 1 rings (SSSR count). The Hall–Kier alpha value is -0.930. The molecule has 0 amide bonds. The summed E-state index contributed by atoms with van der Waals surface area (Å²) in [5.74, 6) is 0. The minimum absolute atomic E-state index is 0.290. The maximum Gasteiger partial charge on any atom is 0.0543 e. The van der Waals surface area contributed by atoms with E-state index in [1.165, 1.54) is 6.42 Å². The Morgan fingerprint density at radius 3 is 2.72 bits per heavy atom. The standard InChI is InChI=1S/C15H27N3/c1-5-9-16-12-15(2,3)13-18(4)11-14-8-6-7-10-17-14/h6-8,10,16H,5,9,11-13H2,1-4H3. The molecule has 1 aromatic heterocycles. The van der Waals surface area contributed by atoms with Crippen LogP contribution in [0.25, 0.3) is 0 Å². The van der Waals surface area contributed by atoms with Gasteiger partial charge in [0.1, 0.15) is 0 Å². The van der Waals surface area contributed by atoms with Crippen molar-refractivity contribution in [3.05, 3.63) is 30.1 Å². The van der Waals surface area contributed by atoms with Crippen LogP contribution in [-0.4, -0.2) is 36.6 Å². The van der Waals surface area contributed by atoms with Gasteiger partial charge in [0.15, 0.2) is 0 Å². The van der Waals surface area contributed by atoms with E-state index in [0.717, 1.165) is 31.9 Å². The van der Waals surface area contributed by atoms with Crippen molar-refractivity contribution in [3.63, 3.8) is 0 Å². The monoisotopic (exact) mass is 249 g/mol. The van der Waals surface area contributed by atoms with Gasteiger partial charge in [-0.25, -0.2) is 0 Å².